The summed E-state index contributed by atoms with van der Waals surface area (Å²) in [6, 6.07) is 17.7. The molecule has 212 valence electrons. The molecule has 41 heavy (non-hydrogen) atoms. The van der Waals surface area contributed by atoms with Crippen molar-refractivity contribution < 1.29 is 23.9 Å². The van der Waals surface area contributed by atoms with E-state index in [1.807, 2.05) is 17.5 Å². The molecule has 5 rings (SSSR count). The maximum absolute atomic E-state index is 14.7. The van der Waals surface area contributed by atoms with E-state index in [4.69, 9.17) is 38.4 Å². The van der Waals surface area contributed by atoms with E-state index in [2.05, 4.69) is 0 Å². The van der Waals surface area contributed by atoms with Crippen molar-refractivity contribution in [3.63, 3.8) is 0 Å². The maximum Gasteiger partial charge on any atom is 0.338 e. The summed E-state index contributed by atoms with van der Waals surface area (Å²) in [7, 11) is 0. The summed E-state index contributed by atoms with van der Waals surface area (Å²) < 4.78 is 10.9. The molecule has 2 N–H and O–H groups in total. The number of allylic oxidation sites excluding steroid dienone is 2. The lowest BCUT2D eigenvalue weighted by Gasteiger charge is -2.43. The highest BCUT2D eigenvalue weighted by molar-refractivity contribution is 7.10. The van der Waals surface area contributed by atoms with Gasteiger partial charge < -0.3 is 15.2 Å². The monoisotopic (exact) mass is 610 g/mol. The first-order valence-electron chi connectivity index (χ1n) is 13.2. The van der Waals surface area contributed by atoms with Gasteiger partial charge in [0, 0.05) is 37.8 Å². The first kappa shape index (κ1) is 28.9. The third kappa shape index (κ3) is 5.39. The number of carbonyl (C=O) groups excluding carboxylic acids is 3. The molecule has 0 unspecified atom stereocenters. The van der Waals surface area contributed by atoms with Crippen molar-refractivity contribution in [2.24, 2.45) is 11.7 Å². The number of hydrogen-bond donors (Lipinski definition) is 1. The number of halogens is 2. The molecule has 1 aliphatic carbocycles. The van der Waals surface area contributed by atoms with Gasteiger partial charge in [-0.3, -0.25) is 14.5 Å². The van der Waals surface area contributed by atoms with Gasteiger partial charge in [-0.2, -0.15) is 0 Å². The van der Waals surface area contributed by atoms with Gasteiger partial charge in [-0.25, -0.2) is 4.79 Å². The Balaban J connectivity index is 1.82. The standard InChI is InChI=1S/C31H28Cl2N2O5S/c1-3-39-30(37)25-21(23-9-6-14-41-23)16-22-26(28(25)36)24(17-7-5-8-19(33)15-17)27(31(38)40-4-2)29(34)35(22)20-12-10-18(32)11-13-20/h5-15,21,24-25H,3-4,16,34H2,1-2H3/t21-,24-,25-/m0/s1. The summed E-state index contributed by atoms with van der Waals surface area (Å²) in [5.41, 5.74) is 9.01. The van der Waals surface area contributed by atoms with Gasteiger partial charge in [0.25, 0.3) is 0 Å². The highest BCUT2D eigenvalue weighted by Crippen LogP contribution is 2.52. The molecule has 2 aromatic carbocycles. The number of Topliss-reactive ketones (excluding diaryl/α,β-unsaturated/α-hetero) is 1. The lowest BCUT2D eigenvalue weighted by molar-refractivity contribution is -0.152. The van der Waals surface area contributed by atoms with Crippen molar-refractivity contribution in [2.75, 3.05) is 18.1 Å². The fourth-order valence-electron chi connectivity index (χ4n) is 5.61. The predicted molar refractivity (Wildman–Crippen MR) is 160 cm³/mol. The van der Waals surface area contributed by atoms with Crippen LogP contribution in [0.3, 0.4) is 0 Å². The number of rotatable bonds is 7. The molecule has 10 heteroatoms. The summed E-state index contributed by atoms with van der Waals surface area (Å²) in [4.78, 5) is 44.3. The molecule has 0 amide bonds. The van der Waals surface area contributed by atoms with Gasteiger partial charge in [0.15, 0.2) is 5.78 Å². The first-order chi connectivity index (χ1) is 19.8. The van der Waals surface area contributed by atoms with Crippen LogP contribution in [0, 0.1) is 5.92 Å². The minimum atomic E-state index is -1.11. The second-order valence-corrected chi connectivity index (χ2v) is 11.5. The van der Waals surface area contributed by atoms with Crippen LogP contribution in [0.25, 0.3) is 0 Å². The molecule has 2 heterocycles. The first-order valence-corrected chi connectivity index (χ1v) is 14.9. The van der Waals surface area contributed by atoms with Gasteiger partial charge in [-0.1, -0.05) is 41.4 Å². The zero-order valence-electron chi connectivity index (χ0n) is 22.4. The summed E-state index contributed by atoms with van der Waals surface area (Å²) in [6.45, 7) is 3.63. The fourth-order valence-corrected chi connectivity index (χ4v) is 6.80. The third-order valence-electron chi connectivity index (χ3n) is 7.25. The molecule has 3 aromatic rings. The van der Waals surface area contributed by atoms with Gasteiger partial charge in [-0.05, 0) is 73.7 Å². The minimum Gasteiger partial charge on any atom is -0.465 e. The largest absolute Gasteiger partial charge is 0.465 e. The Morgan fingerprint density at radius 2 is 1.73 bits per heavy atom. The summed E-state index contributed by atoms with van der Waals surface area (Å²) in [6.07, 6.45) is 0.293. The average molecular weight is 612 g/mol. The number of benzene rings is 2. The van der Waals surface area contributed by atoms with Crippen LogP contribution in [0.2, 0.25) is 10.0 Å². The highest BCUT2D eigenvalue weighted by atomic mass is 35.5. The van der Waals surface area contributed by atoms with Gasteiger partial charge in [0.05, 0.1) is 24.7 Å². The number of carbonyl (C=O) groups is 3. The van der Waals surface area contributed by atoms with Gasteiger partial charge in [0.1, 0.15) is 11.7 Å². The zero-order valence-corrected chi connectivity index (χ0v) is 24.8. The van der Waals surface area contributed by atoms with Crippen LogP contribution >= 0.6 is 34.5 Å². The number of ether oxygens (including phenoxy) is 2. The van der Waals surface area contributed by atoms with Crippen molar-refractivity contribution in [1.29, 1.82) is 0 Å². The van der Waals surface area contributed by atoms with Crippen LogP contribution < -0.4 is 10.6 Å². The molecular weight excluding hydrogens is 583 g/mol. The van der Waals surface area contributed by atoms with E-state index in [0.717, 1.165) is 4.88 Å². The molecule has 2 aliphatic rings. The number of anilines is 1. The lowest BCUT2D eigenvalue weighted by Crippen LogP contribution is -2.46. The Labute approximate surface area is 252 Å². The molecule has 1 aromatic heterocycles. The second-order valence-electron chi connectivity index (χ2n) is 9.60. The van der Waals surface area contributed by atoms with E-state index in [1.165, 1.54) is 11.3 Å². The molecule has 0 spiro atoms. The number of hydrogen-bond acceptors (Lipinski definition) is 8. The SMILES string of the molecule is CCOC(=O)C1=C(N)N(c2ccc(Cl)cc2)C2=C(C(=O)[C@@H](C(=O)OCC)[C@H](c3cccs3)C2)[C@@H]1c1cccc(Cl)c1. The Morgan fingerprint density at radius 1 is 1.00 bits per heavy atom. The number of esters is 2. The summed E-state index contributed by atoms with van der Waals surface area (Å²) in [5.74, 6) is -4.09. The molecule has 0 fully saturated rings. The van der Waals surface area contributed by atoms with Crippen molar-refractivity contribution in [1.82, 2.24) is 0 Å². The lowest BCUT2D eigenvalue weighted by atomic mass is 9.68. The molecule has 3 atom stereocenters. The summed E-state index contributed by atoms with van der Waals surface area (Å²) in [5, 5.41) is 2.85. The quantitative estimate of drug-likeness (QED) is 0.238. The van der Waals surface area contributed by atoms with E-state index in [0.29, 0.717) is 33.4 Å². The molecule has 0 bridgehead atoms. The van der Waals surface area contributed by atoms with Crippen LogP contribution in [0.15, 0.2) is 88.7 Å². The summed E-state index contributed by atoms with van der Waals surface area (Å²) >= 11 is 14.1. The van der Waals surface area contributed by atoms with Gasteiger partial charge in [-0.15, -0.1) is 11.3 Å². The van der Waals surface area contributed by atoms with Gasteiger partial charge >= 0.3 is 11.9 Å². The van der Waals surface area contributed by atoms with E-state index in [-0.39, 0.29) is 30.2 Å². The van der Waals surface area contributed by atoms with E-state index >= 15 is 0 Å². The second kappa shape index (κ2) is 12.1. The van der Waals surface area contributed by atoms with Crippen LogP contribution in [0.1, 0.15) is 42.5 Å². The average Bonchev–Trinajstić information content (AvgIpc) is 3.48. The normalized spacial score (nSPS) is 20.6. The van der Waals surface area contributed by atoms with Gasteiger partial charge in [0.2, 0.25) is 0 Å². The number of thiophene rings is 1. The molecule has 1 aliphatic heterocycles. The Bertz CT molecular complexity index is 1550. The van der Waals surface area contributed by atoms with Crippen LogP contribution in [0.5, 0.6) is 0 Å². The van der Waals surface area contributed by atoms with Crippen molar-refractivity contribution in [3.05, 3.63) is 109 Å². The minimum absolute atomic E-state index is 0.0911. The molecular formula is C31H28Cl2N2O5S. The molecule has 0 saturated heterocycles. The van der Waals surface area contributed by atoms with Crippen LogP contribution in [-0.2, 0) is 23.9 Å². The highest BCUT2D eigenvalue weighted by Gasteiger charge is 2.51. The Kier molecular flexibility index (Phi) is 8.54. The van der Waals surface area contributed by atoms with Crippen molar-refractivity contribution in [3.8, 4) is 0 Å². The fraction of sp³-hybridized carbons (Fsp3) is 0.258. The smallest absolute Gasteiger partial charge is 0.338 e. The number of nitrogens with zero attached hydrogens (tertiary/aromatic N) is 1. The Hall–Kier alpha value is -3.59. The number of nitrogens with two attached hydrogens (primary N) is 1. The van der Waals surface area contributed by atoms with E-state index in [1.54, 1.807) is 67.3 Å². The van der Waals surface area contributed by atoms with E-state index in [9.17, 15) is 14.4 Å². The predicted octanol–water partition coefficient (Wildman–Crippen LogP) is 6.58. The zero-order chi connectivity index (χ0) is 29.3. The maximum atomic E-state index is 14.7. The van der Waals surface area contributed by atoms with Crippen LogP contribution in [0.4, 0.5) is 5.69 Å². The topological polar surface area (TPSA) is 98.9 Å². The van der Waals surface area contributed by atoms with Crippen molar-refractivity contribution >= 4 is 57.9 Å². The van der Waals surface area contributed by atoms with E-state index < -0.39 is 35.5 Å². The van der Waals surface area contributed by atoms with Crippen LogP contribution in [-0.4, -0.2) is 30.9 Å². The Morgan fingerprint density at radius 3 is 2.37 bits per heavy atom. The molecule has 0 saturated carbocycles. The molecule has 7 nitrogen and oxygen atoms in total. The number of ketones is 1. The molecule has 0 radical (unpaired) electrons. The third-order valence-corrected chi connectivity index (χ3v) is 8.74. The van der Waals surface area contributed by atoms with Crippen molar-refractivity contribution in [2.45, 2.75) is 32.1 Å².